The Morgan fingerprint density at radius 1 is 1.50 bits per heavy atom. The molecule has 2 N–H and O–H groups in total. The molecule has 8 heteroatoms. The van der Waals surface area contributed by atoms with Crippen molar-refractivity contribution in [3.63, 3.8) is 0 Å². The molecule has 0 aliphatic rings. The number of nitrogens with two attached hydrogens (primary N) is 1. The van der Waals surface area contributed by atoms with E-state index < -0.39 is 22.0 Å². The monoisotopic (exact) mass is 320 g/mol. The molecule has 0 aliphatic heterocycles. The summed E-state index contributed by atoms with van der Waals surface area (Å²) in [5.41, 5.74) is 5.48. The molecular weight excluding hydrogens is 304 g/mol. The first-order chi connectivity index (χ1) is 9.22. The summed E-state index contributed by atoms with van der Waals surface area (Å²) in [4.78, 5) is 11.5. The average Bonchev–Trinajstić information content (AvgIpc) is 2.33. The fourth-order valence-electron chi connectivity index (χ4n) is 1.90. The van der Waals surface area contributed by atoms with Gasteiger partial charge in [0, 0.05) is 5.02 Å². The topological polar surface area (TPSA) is 89.7 Å². The molecule has 20 heavy (non-hydrogen) atoms. The SMILES string of the molecule is CCC(C(N)=O)N(c1cc(Cl)ccc1OC)S(C)(=O)=O. The van der Waals surface area contributed by atoms with Gasteiger partial charge in [-0.25, -0.2) is 8.42 Å². The number of carbonyl (C=O) groups is 1. The van der Waals surface area contributed by atoms with Crippen LogP contribution in [0.15, 0.2) is 18.2 Å². The molecule has 1 aromatic carbocycles. The maximum absolute atomic E-state index is 12.0. The van der Waals surface area contributed by atoms with E-state index in [1.807, 2.05) is 0 Å². The van der Waals surface area contributed by atoms with E-state index in [1.54, 1.807) is 13.0 Å². The smallest absolute Gasteiger partial charge is 0.241 e. The number of amides is 1. The van der Waals surface area contributed by atoms with Gasteiger partial charge in [0.15, 0.2) is 0 Å². The number of methoxy groups -OCH3 is 1. The summed E-state index contributed by atoms with van der Waals surface area (Å²) in [6.45, 7) is 1.67. The van der Waals surface area contributed by atoms with E-state index in [-0.39, 0.29) is 12.1 Å². The number of ether oxygens (including phenoxy) is 1. The molecular formula is C12H17ClN2O4S. The lowest BCUT2D eigenvalue weighted by atomic mass is 10.2. The number of carbonyl (C=O) groups excluding carboxylic acids is 1. The number of hydrogen-bond acceptors (Lipinski definition) is 4. The Bertz CT molecular complexity index is 603. The molecule has 0 aromatic heterocycles. The van der Waals surface area contributed by atoms with Crippen LogP contribution in [0, 0.1) is 0 Å². The maximum atomic E-state index is 12.0. The number of hydrogen-bond donors (Lipinski definition) is 1. The molecule has 1 amide bonds. The fraction of sp³-hybridized carbons (Fsp3) is 0.417. The molecule has 0 saturated carbocycles. The Balaban J connectivity index is 3.54. The van der Waals surface area contributed by atoms with Crippen molar-refractivity contribution < 1.29 is 17.9 Å². The van der Waals surface area contributed by atoms with Gasteiger partial charge in [0.25, 0.3) is 0 Å². The van der Waals surface area contributed by atoms with Gasteiger partial charge in [-0.1, -0.05) is 18.5 Å². The van der Waals surface area contributed by atoms with Crippen molar-refractivity contribution in [2.24, 2.45) is 5.73 Å². The van der Waals surface area contributed by atoms with E-state index >= 15 is 0 Å². The first-order valence-corrected chi connectivity index (χ1v) is 8.07. The predicted molar refractivity (Wildman–Crippen MR) is 78.6 cm³/mol. The summed E-state index contributed by atoms with van der Waals surface area (Å²) >= 11 is 5.90. The van der Waals surface area contributed by atoms with Gasteiger partial charge in [0.2, 0.25) is 15.9 Å². The van der Waals surface area contributed by atoms with E-state index in [9.17, 15) is 13.2 Å². The summed E-state index contributed by atoms with van der Waals surface area (Å²) in [6.07, 6.45) is 1.23. The minimum absolute atomic E-state index is 0.188. The quantitative estimate of drug-likeness (QED) is 0.857. The minimum Gasteiger partial charge on any atom is -0.495 e. The van der Waals surface area contributed by atoms with Crippen LogP contribution in [0.4, 0.5) is 5.69 Å². The van der Waals surface area contributed by atoms with Crippen molar-refractivity contribution in [3.8, 4) is 5.75 Å². The van der Waals surface area contributed by atoms with Gasteiger partial charge >= 0.3 is 0 Å². The van der Waals surface area contributed by atoms with Gasteiger partial charge < -0.3 is 10.5 Å². The average molecular weight is 321 g/mol. The minimum atomic E-state index is -3.73. The van der Waals surface area contributed by atoms with Gasteiger partial charge in [0.05, 0.1) is 19.1 Å². The summed E-state index contributed by atoms with van der Waals surface area (Å²) < 4.78 is 30.1. The Morgan fingerprint density at radius 2 is 2.10 bits per heavy atom. The number of primary amides is 1. The van der Waals surface area contributed by atoms with Crippen LogP contribution in [-0.2, 0) is 14.8 Å². The van der Waals surface area contributed by atoms with Crippen molar-refractivity contribution in [3.05, 3.63) is 23.2 Å². The standard InChI is InChI=1S/C12H17ClN2O4S/c1-4-9(12(14)16)15(20(3,17)18)10-7-8(13)5-6-11(10)19-2/h5-7,9H,4H2,1-3H3,(H2,14,16). The summed E-state index contributed by atoms with van der Waals surface area (Å²) in [7, 11) is -2.33. The lowest BCUT2D eigenvalue weighted by Gasteiger charge is -2.30. The highest BCUT2D eigenvalue weighted by atomic mass is 35.5. The third-order valence-corrected chi connectivity index (χ3v) is 4.13. The zero-order valence-electron chi connectivity index (χ0n) is 11.5. The van der Waals surface area contributed by atoms with Crippen molar-refractivity contribution in [2.75, 3.05) is 17.7 Å². The number of anilines is 1. The largest absolute Gasteiger partial charge is 0.495 e. The van der Waals surface area contributed by atoms with Crippen LogP contribution in [0.1, 0.15) is 13.3 Å². The molecule has 0 saturated heterocycles. The Morgan fingerprint density at radius 3 is 2.50 bits per heavy atom. The van der Waals surface area contributed by atoms with Gasteiger partial charge in [-0.2, -0.15) is 0 Å². The number of benzene rings is 1. The third-order valence-electron chi connectivity index (χ3n) is 2.73. The fourth-order valence-corrected chi connectivity index (χ4v) is 3.28. The lowest BCUT2D eigenvalue weighted by molar-refractivity contribution is -0.119. The van der Waals surface area contributed by atoms with Crippen LogP contribution < -0.4 is 14.8 Å². The van der Waals surface area contributed by atoms with Crippen LogP contribution in [0.2, 0.25) is 5.02 Å². The number of rotatable bonds is 6. The molecule has 6 nitrogen and oxygen atoms in total. The Kier molecular flexibility index (Phi) is 5.24. The van der Waals surface area contributed by atoms with E-state index in [0.29, 0.717) is 10.8 Å². The molecule has 1 atom stereocenters. The molecule has 1 rings (SSSR count). The van der Waals surface area contributed by atoms with Crippen LogP contribution in [-0.4, -0.2) is 33.7 Å². The third kappa shape index (κ3) is 3.55. The highest BCUT2D eigenvalue weighted by molar-refractivity contribution is 7.92. The van der Waals surface area contributed by atoms with E-state index in [2.05, 4.69) is 0 Å². The van der Waals surface area contributed by atoms with Crippen molar-refractivity contribution in [1.29, 1.82) is 0 Å². The zero-order valence-corrected chi connectivity index (χ0v) is 13.0. The molecule has 0 bridgehead atoms. The molecule has 0 aliphatic carbocycles. The maximum Gasteiger partial charge on any atom is 0.241 e. The van der Waals surface area contributed by atoms with E-state index in [0.717, 1.165) is 10.6 Å². The number of halogens is 1. The van der Waals surface area contributed by atoms with Crippen molar-refractivity contribution in [2.45, 2.75) is 19.4 Å². The molecule has 0 fully saturated rings. The van der Waals surface area contributed by atoms with Gasteiger partial charge in [-0.3, -0.25) is 9.10 Å². The Labute approximate surface area is 123 Å². The molecule has 0 spiro atoms. The number of sulfonamides is 1. The van der Waals surface area contributed by atoms with Crippen molar-refractivity contribution in [1.82, 2.24) is 0 Å². The predicted octanol–water partition coefficient (Wildman–Crippen LogP) is 1.38. The van der Waals surface area contributed by atoms with Gasteiger partial charge in [-0.15, -0.1) is 0 Å². The molecule has 0 heterocycles. The highest BCUT2D eigenvalue weighted by Gasteiger charge is 2.32. The Hall–Kier alpha value is -1.47. The second-order valence-corrected chi connectivity index (χ2v) is 6.50. The van der Waals surface area contributed by atoms with Gasteiger partial charge in [-0.05, 0) is 24.6 Å². The molecule has 112 valence electrons. The van der Waals surface area contributed by atoms with Crippen LogP contribution in [0.3, 0.4) is 0 Å². The number of nitrogens with zero attached hydrogens (tertiary/aromatic N) is 1. The normalized spacial score (nSPS) is 12.8. The lowest BCUT2D eigenvalue weighted by Crippen LogP contribution is -2.47. The summed E-state index contributed by atoms with van der Waals surface area (Å²) in [6, 6.07) is 3.52. The van der Waals surface area contributed by atoms with Crippen LogP contribution in [0.25, 0.3) is 0 Å². The molecule has 1 unspecified atom stereocenters. The highest BCUT2D eigenvalue weighted by Crippen LogP contribution is 2.34. The van der Waals surface area contributed by atoms with Gasteiger partial charge in [0.1, 0.15) is 11.8 Å². The zero-order chi connectivity index (χ0) is 15.5. The van der Waals surface area contributed by atoms with E-state index in [1.165, 1.54) is 19.2 Å². The van der Waals surface area contributed by atoms with Crippen LogP contribution >= 0.6 is 11.6 Å². The summed E-state index contributed by atoms with van der Waals surface area (Å²) in [5.74, 6) is -0.445. The van der Waals surface area contributed by atoms with Crippen LogP contribution in [0.5, 0.6) is 5.75 Å². The second kappa shape index (κ2) is 6.32. The molecule has 0 radical (unpaired) electrons. The first-order valence-electron chi connectivity index (χ1n) is 5.84. The molecule has 1 aromatic rings. The summed E-state index contributed by atoms with van der Waals surface area (Å²) in [5, 5.41) is 0.328. The van der Waals surface area contributed by atoms with E-state index in [4.69, 9.17) is 22.1 Å². The first kappa shape index (κ1) is 16.6. The second-order valence-electron chi connectivity index (χ2n) is 4.20. The van der Waals surface area contributed by atoms with Crippen molar-refractivity contribution >= 4 is 33.2 Å².